The van der Waals surface area contributed by atoms with Crippen LogP contribution in [0.4, 0.5) is 0 Å². The lowest BCUT2D eigenvalue weighted by Crippen LogP contribution is -2.11. The predicted octanol–water partition coefficient (Wildman–Crippen LogP) is 0.498. The summed E-state index contributed by atoms with van der Waals surface area (Å²) >= 11 is 3.75. The Labute approximate surface area is 147 Å². The molecular weight excluding hydrogens is 384 g/mol. The van der Waals surface area contributed by atoms with Gasteiger partial charge in [0.15, 0.2) is 11.1 Å². The second-order valence-corrected chi connectivity index (χ2v) is 8.75. The molecule has 0 amide bonds. The zero-order chi connectivity index (χ0) is 17.4. The fourth-order valence-electron chi connectivity index (χ4n) is 1.84. The second kappa shape index (κ2) is 5.98. The van der Waals surface area contributed by atoms with E-state index >= 15 is 0 Å². The Morgan fingerprint density at radius 1 is 0.583 bits per heavy atom. The van der Waals surface area contributed by atoms with Crippen LogP contribution >= 0.6 is 45.3 Å². The molecule has 0 N–H and O–H groups in total. The molecule has 0 spiro atoms. The van der Waals surface area contributed by atoms with Crippen LogP contribution in [0.5, 0.6) is 0 Å². The van der Waals surface area contributed by atoms with E-state index in [1.807, 2.05) is 0 Å². The van der Waals surface area contributed by atoms with Gasteiger partial charge >= 0.3 is 0 Å². The van der Waals surface area contributed by atoms with Crippen molar-refractivity contribution >= 4 is 56.5 Å². The summed E-state index contributed by atoms with van der Waals surface area (Å²) in [6.45, 7) is 0. The van der Waals surface area contributed by atoms with Gasteiger partial charge in [-0.15, -0.1) is 45.3 Å². The lowest BCUT2D eigenvalue weighted by Gasteiger charge is -1.80. The molecule has 0 radical (unpaired) electrons. The molecule has 0 atom stereocenters. The molecule has 3 aliphatic rings. The van der Waals surface area contributed by atoms with E-state index in [1.54, 1.807) is 24.3 Å². The average Bonchev–Trinajstić information content (AvgIpc) is 3.21. The summed E-state index contributed by atoms with van der Waals surface area (Å²) in [5.74, 6) is 0. The Hall–Kier alpha value is -2.86. The molecule has 2 heterocycles. The first-order chi connectivity index (χ1) is 11.5. The SMILES string of the molecule is N#CC(C#N)=c1sc2c(=O)c3sc(=C(C#N)C#N)sc=3c(=O)c=2s1. The number of nitriles is 4. The van der Waals surface area contributed by atoms with Crippen LogP contribution < -0.4 is 18.5 Å². The molecule has 0 aromatic heterocycles. The zero-order valence-corrected chi connectivity index (χ0v) is 14.5. The van der Waals surface area contributed by atoms with Crippen molar-refractivity contribution in [2.75, 3.05) is 0 Å². The fourth-order valence-corrected chi connectivity index (χ4v) is 6.84. The third-order valence-corrected chi connectivity index (χ3v) is 8.06. The largest absolute Gasteiger partial charge is 0.287 e. The highest BCUT2D eigenvalue weighted by Crippen LogP contribution is 2.09. The van der Waals surface area contributed by atoms with Crippen molar-refractivity contribution in [3.05, 3.63) is 46.3 Å². The number of hydrogen-bond acceptors (Lipinski definition) is 10. The van der Waals surface area contributed by atoms with Crippen LogP contribution in [0.3, 0.4) is 0 Å². The van der Waals surface area contributed by atoms with Crippen molar-refractivity contribution in [2.45, 2.75) is 0 Å². The molecule has 0 fully saturated rings. The van der Waals surface area contributed by atoms with Crippen molar-refractivity contribution < 1.29 is 0 Å². The molecular formula is C14N4O2S4. The molecule has 0 bridgehead atoms. The van der Waals surface area contributed by atoms with E-state index in [0.29, 0.717) is 7.69 Å². The molecule has 0 aromatic rings. The minimum absolute atomic E-state index is 0.141. The van der Waals surface area contributed by atoms with Crippen LogP contribution in [0.25, 0.3) is 11.1 Å². The number of rotatable bonds is 0. The lowest BCUT2D eigenvalue weighted by molar-refractivity contribution is 1.45. The molecule has 0 saturated heterocycles. The molecule has 0 unspecified atom stereocenters. The van der Waals surface area contributed by atoms with Gasteiger partial charge in [-0.3, -0.25) is 9.59 Å². The molecule has 0 aromatic carbocycles. The number of hydrogen-bond donors (Lipinski definition) is 0. The third kappa shape index (κ3) is 2.23. The fraction of sp³-hybridized carbons (Fsp3) is 0. The van der Waals surface area contributed by atoms with Crippen LogP contribution in [0, 0.1) is 63.5 Å². The van der Waals surface area contributed by atoms with Gasteiger partial charge in [-0.1, -0.05) is 0 Å². The highest BCUT2D eigenvalue weighted by Gasteiger charge is 2.13. The van der Waals surface area contributed by atoms with Crippen molar-refractivity contribution in [1.82, 2.24) is 0 Å². The van der Waals surface area contributed by atoms with Gasteiger partial charge in [0.25, 0.3) is 0 Å². The minimum atomic E-state index is -0.384. The Kier molecular flexibility index (Phi) is 3.99. The van der Waals surface area contributed by atoms with Crippen LogP contribution in [0.1, 0.15) is 0 Å². The van der Waals surface area contributed by atoms with Gasteiger partial charge in [0, 0.05) is 0 Å². The number of nitrogens with zero attached hydrogens (tertiary/aromatic N) is 4. The molecule has 3 rings (SSSR count). The summed E-state index contributed by atoms with van der Waals surface area (Å²) in [6.07, 6.45) is 0. The quantitative estimate of drug-likeness (QED) is 0.555. The first kappa shape index (κ1) is 16.0. The maximum Gasteiger partial charge on any atom is 0.216 e. The van der Waals surface area contributed by atoms with Crippen LogP contribution in [0.15, 0.2) is 9.59 Å². The maximum absolute atomic E-state index is 12.6. The summed E-state index contributed by atoms with van der Waals surface area (Å²) in [7, 11) is 0. The molecule has 112 valence electrons. The first-order valence-corrected chi connectivity index (χ1v) is 9.20. The van der Waals surface area contributed by atoms with E-state index in [1.165, 1.54) is 0 Å². The summed E-state index contributed by atoms with van der Waals surface area (Å²) in [5, 5.41) is 35.7. The Morgan fingerprint density at radius 3 is 1.04 bits per heavy atom. The third-order valence-electron chi connectivity index (χ3n) is 2.87. The van der Waals surface area contributed by atoms with Gasteiger partial charge in [-0.05, 0) is 0 Å². The normalized spacial score (nSPS) is 9.83. The molecule has 0 saturated carbocycles. The van der Waals surface area contributed by atoms with Crippen molar-refractivity contribution in [2.24, 2.45) is 0 Å². The molecule has 1 aliphatic carbocycles. The van der Waals surface area contributed by atoms with Gasteiger partial charge in [0.2, 0.25) is 10.9 Å². The summed E-state index contributed by atoms with van der Waals surface area (Å²) in [5.41, 5.74) is -1.05. The monoisotopic (exact) mass is 384 g/mol. The van der Waals surface area contributed by atoms with Crippen LogP contribution in [-0.4, -0.2) is 0 Å². The highest BCUT2D eigenvalue weighted by atomic mass is 32.2. The maximum atomic E-state index is 12.6. The summed E-state index contributed by atoms with van der Waals surface area (Å²) in [4.78, 5) is 25.2. The van der Waals surface area contributed by atoms with Gasteiger partial charge in [0.1, 0.15) is 32.0 Å². The van der Waals surface area contributed by atoms with Gasteiger partial charge in [-0.25, -0.2) is 0 Å². The molecule has 10 heteroatoms. The van der Waals surface area contributed by atoms with E-state index in [0.717, 1.165) is 45.3 Å². The minimum Gasteiger partial charge on any atom is -0.287 e. The van der Waals surface area contributed by atoms with Gasteiger partial charge in [0.05, 0.1) is 18.1 Å². The van der Waals surface area contributed by atoms with E-state index < -0.39 is 0 Å². The van der Waals surface area contributed by atoms with E-state index in [2.05, 4.69) is 0 Å². The summed E-state index contributed by atoms with van der Waals surface area (Å²) in [6, 6.07) is 6.98. The lowest BCUT2D eigenvalue weighted by atomic mass is 10.4. The van der Waals surface area contributed by atoms with Crippen molar-refractivity contribution in [1.29, 1.82) is 21.0 Å². The van der Waals surface area contributed by atoms with Crippen LogP contribution in [-0.2, 0) is 0 Å². The highest BCUT2D eigenvalue weighted by molar-refractivity contribution is 7.26. The Balaban J connectivity index is 2.65. The van der Waals surface area contributed by atoms with E-state index in [9.17, 15) is 9.59 Å². The topological polar surface area (TPSA) is 129 Å². The van der Waals surface area contributed by atoms with Crippen molar-refractivity contribution in [3.63, 3.8) is 0 Å². The molecule has 6 nitrogen and oxygen atoms in total. The first-order valence-electron chi connectivity index (χ1n) is 5.94. The van der Waals surface area contributed by atoms with Crippen molar-refractivity contribution in [3.8, 4) is 24.3 Å². The van der Waals surface area contributed by atoms with E-state index in [-0.39, 0.29) is 40.1 Å². The molecule has 2 aliphatic heterocycles. The Morgan fingerprint density at radius 2 is 0.833 bits per heavy atom. The van der Waals surface area contributed by atoms with Gasteiger partial charge in [-0.2, -0.15) is 21.0 Å². The predicted molar refractivity (Wildman–Crippen MR) is 89.6 cm³/mol. The Bertz CT molecular complexity index is 1320. The van der Waals surface area contributed by atoms with Crippen LogP contribution in [0.2, 0.25) is 0 Å². The molecule has 24 heavy (non-hydrogen) atoms. The van der Waals surface area contributed by atoms with Gasteiger partial charge < -0.3 is 0 Å². The standard InChI is InChI=1S/C14N4O2S4/c15-1-5(2-16)13-21-9-7(19)11-12(8(20)10(9)22-13)24-14(23-11)6(3-17)4-18. The zero-order valence-electron chi connectivity index (χ0n) is 11.2. The average molecular weight is 384 g/mol. The summed E-state index contributed by atoms with van der Waals surface area (Å²) < 4.78 is 1.37. The smallest absolute Gasteiger partial charge is 0.216 e. The van der Waals surface area contributed by atoms with E-state index in [4.69, 9.17) is 21.0 Å². The second-order valence-electron chi connectivity index (χ2n) is 4.16.